The molecule has 31 heavy (non-hydrogen) atoms. The van der Waals surface area contributed by atoms with E-state index in [9.17, 15) is 4.79 Å². The summed E-state index contributed by atoms with van der Waals surface area (Å²) in [6.45, 7) is 0.975. The Bertz CT molecular complexity index is 1180. The Morgan fingerprint density at radius 2 is 1.68 bits per heavy atom. The number of ether oxygens (including phenoxy) is 1. The number of carbonyl (C=O) groups is 1. The summed E-state index contributed by atoms with van der Waals surface area (Å²) >= 11 is 9.72. The van der Waals surface area contributed by atoms with Gasteiger partial charge in [-0.25, -0.2) is 0 Å². The molecule has 1 heterocycles. The van der Waals surface area contributed by atoms with Crippen molar-refractivity contribution >= 4 is 39.3 Å². The number of para-hydroxylation sites is 1. The van der Waals surface area contributed by atoms with Crippen LogP contribution >= 0.6 is 27.5 Å². The predicted octanol–water partition coefficient (Wildman–Crippen LogP) is 6.18. The number of halogens is 2. The van der Waals surface area contributed by atoms with E-state index in [2.05, 4.69) is 26.3 Å². The molecule has 1 N–H and O–H groups in total. The van der Waals surface area contributed by atoms with E-state index in [1.54, 1.807) is 23.0 Å². The average molecular weight is 497 g/mol. The van der Waals surface area contributed by atoms with Gasteiger partial charge in [-0.05, 0) is 51.3 Å². The minimum Gasteiger partial charge on any atom is -0.488 e. The Balaban J connectivity index is 1.37. The summed E-state index contributed by atoms with van der Waals surface area (Å²) in [6, 6.07) is 24.8. The Hall–Kier alpha value is -3.09. The maximum atomic E-state index is 12.6. The maximum Gasteiger partial charge on any atom is 0.256 e. The molecule has 0 saturated carbocycles. The lowest BCUT2D eigenvalue weighted by molar-refractivity contribution is 0.102. The van der Waals surface area contributed by atoms with Crippen LogP contribution < -0.4 is 10.1 Å². The molecular formula is C24H19BrClN3O2. The van der Waals surface area contributed by atoms with Crippen molar-refractivity contribution in [2.24, 2.45) is 0 Å². The molecule has 0 radical (unpaired) electrons. The first-order chi connectivity index (χ1) is 15.1. The van der Waals surface area contributed by atoms with Crippen molar-refractivity contribution in [3.63, 3.8) is 0 Å². The summed E-state index contributed by atoms with van der Waals surface area (Å²) in [6.07, 6.45) is 1.70. The lowest BCUT2D eigenvalue weighted by atomic mass is 10.1. The first kappa shape index (κ1) is 21.2. The molecule has 0 aliphatic heterocycles. The molecule has 1 aromatic heterocycles. The molecule has 0 bridgehead atoms. The number of aromatic nitrogens is 2. The van der Waals surface area contributed by atoms with Crippen molar-refractivity contribution in [2.75, 3.05) is 5.32 Å². The zero-order valence-corrected chi connectivity index (χ0v) is 18.8. The number of nitrogens with zero attached hydrogens (tertiary/aromatic N) is 2. The van der Waals surface area contributed by atoms with Gasteiger partial charge in [-0.3, -0.25) is 9.48 Å². The summed E-state index contributed by atoms with van der Waals surface area (Å²) < 4.78 is 8.41. The van der Waals surface area contributed by atoms with E-state index in [4.69, 9.17) is 16.3 Å². The third kappa shape index (κ3) is 5.54. The van der Waals surface area contributed by atoms with Crippen molar-refractivity contribution in [1.82, 2.24) is 9.78 Å². The monoisotopic (exact) mass is 495 g/mol. The van der Waals surface area contributed by atoms with Gasteiger partial charge in [0.15, 0.2) is 5.82 Å². The van der Waals surface area contributed by atoms with Crippen LogP contribution in [0.15, 0.2) is 89.5 Å². The second-order valence-electron chi connectivity index (χ2n) is 6.88. The molecule has 0 saturated heterocycles. The summed E-state index contributed by atoms with van der Waals surface area (Å²) in [7, 11) is 0. The van der Waals surface area contributed by atoms with Gasteiger partial charge in [-0.2, -0.15) is 5.10 Å². The largest absolute Gasteiger partial charge is 0.488 e. The highest BCUT2D eigenvalue weighted by Gasteiger charge is 2.13. The standard InChI is InChI=1S/C24H19BrClN3O2/c25-20-8-4-5-9-22(20)31-16-18-10-12-19(13-11-18)24(30)27-23-21(26)15-29(28-23)14-17-6-2-1-3-7-17/h1-13,15H,14,16H2,(H,27,28,30). The summed E-state index contributed by atoms with van der Waals surface area (Å²) in [4.78, 5) is 12.6. The molecule has 1 amide bonds. The van der Waals surface area contributed by atoms with Crippen molar-refractivity contribution in [2.45, 2.75) is 13.2 Å². The first-order valence-corrected chi connectivity index (χ1v) is 10.8. The highest BCUT2D eigenvalue weighted by atomic mass is 79.9. The third-order valence-corrected chi connectivity index (χ3v) is 5.52. The van der Waals surface area contributed by atoms with E-state index in [0.29, 0.717) is 29.6 Å². The fourth-order valence-corrected chi connectivity index (χ4v) is 3.59. The number of amides is 1. The fraction of sp³-hybridized carbons (Fsp3) is 0.0833. The Morgan fingerprint density at radius 1 is 0.968 bits per heavy atom. The third-order valence-electron chi connectivity index (χ3n) is 4.58. The smallest absolute Gasteiger partial charge is 0.256 e. The van der Waals surface area contributed by atoms with Crippen LogP contribution in [-0.2, 0) is 13.2 Å². The number of hydrogen-bond acceptors (Lipinski definition) is 3. The summed E-state index contributed by atoms with van der Waals surface area (Å²) in [5.41, 5.74) is 2.57. The molecule has 0 unspecified atom stereocenters. The molecule has 156 valence electrons. The van der Waals surface area contributed by atoms with Gasteiger partial charge in [0, 0.05) is 11.8 Å². The molecule has 5 nitrogen and oxygen atoms in total. The number of anilines is 1. The van der Waals surface area contributed by atoms with Crippen LogP contribution in [0.2, 0.25) is 5.02 Å². The Labute approximate surface area is 193 Å². The van der Waals surface area contributed by atoms with Crippen LogP contribution in [0.3, 0.4) is 0 Å². The number of carbonyl (C=O) groups excluding carboxylic acids is 1. The van der Waals surface area contributed by atoms with Crippen molar-refractivity contribution < 1.29 is 9.53 Å². The lowest BCUT2D eigenvalue weighted by Crippen LogP contribution is -2.13. The van der Waals surface area contributed by atoms with E-state index in [-0.39, 0.29) is 5.91 Å². The van der Waals surface area contributed by atoms with Gasteiger partial charge in [0.1, 0.15) is 17.4 Å². The molecule has 3 aromatic carbocycles. The van der Waals surface area contributed by atoms with Crippen LogP contribution in [0.5, 0.6) is 5.75 Å². The Kier molecular flexibility index (Phi) is 6.70. The average Bonchev–Trinajstić information content (AvgIpc) is 3.12. The van der Waals surface area contributed by atoms with Gasteiger partial charge in [0.2, 0.25) is 0 Å². The fourth-order valence-electron chi connectivity index (χ4n) is 2.99. The minimum absolute atomic E-state index is 0.273. The lowest BCUT2D eigenvalue weighted by Gasteiger charge is -2.09. The number of benzene rings is 3. The predicted molar refractivity (Wildman–Crippen MR) is 126 cm³/mol. The van der Waals surface area contributed by atoms with Crippen LogP contribution in [0, 0.1) is 0 Å². The number of hydrogen-bond donors (Lipinski definition) is 1. The molecule has 0 atom stereocenters. The zero-order valence-electron chi connectivity index (χ0n) is 16.5. The van der Waals surface area contributed by atoms with Crippen molar-refractivity contribution in [3.8, 4) is 5.75 Å². The quantitative estimate of drug-likeness (QED) is 0.332. The normalized spacial score (nSPS) is 10.6. The van der Waals surface area contributed by atoms with Crippen LogP contribution in [-0.4, -0.2) is 15.7 Å². The highest BCUT2D eigenvalue weighted by Crippen LogP contribution is 2.25. The van der Waals surface area contributed by atoms with Gasteiger partial charge >= 0.3 is 0 Å². The molecule has 0 aliphatic rings. The number of nitrogens with one attached hydrogen (secondary N) is 1. The summed E-state index contributed by atoms with van der Waals surface area (Å²) in [5, 5.41) is 7.56. The minimum atomic E-state index is -0.273. The van der Waals surface area contributed by atoms with Gasteiger partial charge < -0.3 is 10.1 Å². The van der Waals surface area contributed by atoms with Gasteiger partial charge in [0.25, 0.3) is 5.91 Å². The van der Waals surface area contributed by atoms with E-state index >= 15 is 0 Å². The van der Waals surface area contributed by atoms with Crippen molar-refractivity contribution in [3.05, 3.63) is 111 Å². The topological polar surface area (TPSA) is 56.2 Å². The van der Waals surface area contributed by atoms with E-state index < -0.39 is 0 Å². The SMILES string of the molecule is O=C(Nc1nn(Cc2ccccc2)cc1Cl)c1ccc(COc2ccccc2Br)cc1. The number of rotatable bonds is 7. The maximum absolute atomic E-state index is 12.6. The molecule has 0 fully saturated rings. The summed E-state index contributed by atoms with van der Waals surface area (Å²) in [5.74, 6) is 0.833. The van der Waals surface area contributed by atoms with Crippen molar-refractivity contribution in [1.29, 1.82) is 0 Å². The Morgan fingerprint density at radius 3 is 2.42 bits per heavy atom. The van der Waals surface area contributed by atoms with Gasteiger partial charge in [0.05, 0.1) is 11.0 Å². The van der Waals surface area contributed by atoms with Crippen LogP contribution in [0.4, 0.5) is 5.82 Å². The van der Waals surface area contributed by atoms with E-state index in [1.165, 1.54) is 0 Å². The second-order valence-corrected chi connectivity index (χ2v) is 8.14. The van der Waals surface area contributed by atoms with E-state index in [1.807, 2.05) is 66.7 Å². The highest BCUT2D eigenvalue weighted by molar-refractivity contribution is 9.10. The molecule has 4 aromatic rings. The van der Waals surface area contributed by atoms with Gasteiger partial charge in [-0.15, -0.1) is 0 Å². The molecule has 4 rings (SSSR count). The zero-order chi connectivity index (χ0) is 21.6. The van der Waals surface area contributed by atoms with Crippen LogP contribution in [0.25, 0.3) is 0 Å². The van der Waals surface area contributed by atoms with Crippen LogP contribution in [0.1, 0.15) is 21.5 Å². The second kappa shape index (κ2) is 9.81. The first-order valence-electron chi connectivity index (χ1n) is 9.63. The molecule has 7 heteroatoms. The van der Waals surface area contributed by atoms with Gasteiger partial charge in [-0.1, -0.05) is 66.2 Å². The molecule has 0 aliphatic carbocycles. The molecule has 0 spiro atoms. The van der Waals surface area contributed by atoms with E-state index in [0.717, 1.165) is 21.3 Å². The molecular weight excluding hydrogens is 478 g/mol.